The molecule has 71 heavy (non-hydrogen) atoms. The first-order chi connectivity index (χ1) is 34.7. The van der Waals surface area contributed by atoms with E-state index in [1.807, 2.05) is 0 Å². The summed E-state index contributed by atoms with van der Waals surface area (Å²) < 4.78 is 38.9. The van der Waals surface area contributed by atoms with Gasteiger partial charge in [0.15, 0.2) is 0 Å². The van der Waals surface area contributed by atoms with E-state index in [0.29, 0.717) is 45.4 Å². The number of esters is 4. The van der Waals surface area contributed by atoms with Crippen LogP contribution in [0.1, 0.15) is 272 Å². The lowest BCUT2D eigenvalue weighted by Crippen LogP contribution is -2.39. The van der Waals surface area contributed by atoms with Crippen LogP contribution >= 0.6 is 0 Å². The Morgan fingerprint density at radius 1 is 0.394 bits per heavy atom. The second-order valence-electron chi connectivity index (χ2n) is 20.2. The Kier molecular flexibility index (Phi) is 45.9. The molecule has 1 fully saturated rings. The average Bonchev–Trinajstić information content (AvgIpc) is 3.36. The second-order valence-corrected chi connectivity index (χ2v) is 20.2. The predicted molar refractivity (Wildman–Crippen MR) is 283 cm³/mol. The van der Waals surface area contributed by atoms with Gasteiger partial charge in [-0.25, -0.2) is 9.59 Å². The van der Waals surface area contributed by atoms with Crippen LogP contribution in [0.4, 0.5) is 4.79 Å². The molecule has 13 heteroatoms. The third kappa shape index (κ3) is 42.2. The molecular formula is C58H107NO12. The maximum atomic E-state index is 13.2. The van der Waals surface area contributed by atoms with Gasteiger partial charge in [0.1, 0.15) is 18.8 Å². The van der Waals surface area contributed by atoms with Gasteiger partial charge in [-0.1, -0.05) is 169 Å². The van der Waals surface area contributed by atoms with Crippen molar-refractivity contribution in [1.82, 2.24) is 4.90 Å². The largest absolute Gasteiger partial charge is 0.509 e. The van der Waals surface area contributed by atoms with Crippen molar-refractivity contribution >= 4 is 30.0 Å². The molecule has 0 radical (unpaired) electrons. The zero-order valence-corrected chi connectivity index (χ0v) is 46.1. The van der Waals surface area contributed by atoms with E-state index < -0.39 is 24.2 Å². The number of rotatable bonds is 50. The van der Waals surface area contributed by atoms with Gasteiger partial charge in [-0.2, -0.15) is 0 Å². The Balaban J connectivity index is 2.43. The summed E-state index contributed by atoms with van der Waals surface area (Å²) in [5, 5.41) is 0. The van der Waals surface area contributed by atoms with Crippen LogP contribution in [0, 0.1) is 0 Å². The molecule has 0 saturated carbocycles. The number of carbonyl (C=O) groups is 5. The van der Waals surface area contributed by atoms with Gasteiger partial charge in [0.25, 0.3) is 0 Å². The fourth-order valence-corrected chi connectivity index (χ4v) is 8.95. The van der Waals surface area contributed by atoms with Gasteiger partial charge >= 0.3 is 30.0 Å². The standard InChI is InChI=1S/C58H107NO12/c1-5-9-13-17-21-29-37-51(35-27-15-11-7-3)69-55(61)39-31-23-19-25-33-46-66-54(60)42-41-53(71-58(64)68-50-45-59-43-48-65-49-44-59)57(63)67-47-34-26-20-24-32-40-56(62)70-52(36-28-16-12-8-4)38-30-22-18-14-10-6-2/h51-53H,5-50H2,1-4H3. The van der Waals surface area contributed by atoms with Gasteiger partial charge in [-0.15, -0.1) is 0 Å². The van der Waals surface area contributed by atoms with Gasteiger partial charge in [-0.3, -0.25) is 19.3 Å². The fourth-order valence-electron chi connectivity index (χ4n) is 8.95. The van der Waals surface area contributed by atoms with Crippen molar-refractivity contribution in [3.63, 3.8) is 0 Å². The van der Waals surface area contributed by atoms with Gasteiger partial charge in [0.2, 0.25) is 6.10 Å². The van der Waals surface area contributed by atoms with Gasteiger partial charge < -0.3 is 33.2 Å². The quantitative estimate of drug-likeness (QED) is 0.0323. The molecule has 3 atom stereocenters. The number of unbranched alkanes of at least 4 members (excludes halogenated alkanes) is 24. The summed E-state index contributed by atoms with van der Waals surface area (Å²) >= 11 is 0. The Hall–Kier alpha value is -2.93. The molecular weight excluding hydrogens is 903 g/mol. The van der Waals surface area contributed by atoms with Crippen LogP contribution in [0.15, 0.2) is 0 Å². The Morgan fingerprint density at radius 2 is 0.789 bits per heavy atom. The SMILES string of the molecule is CCCCCCCCC(CCCCCC)OC(=O)CCCCCCCOC(=O)CCC(OC(=O)OCCN1CCOCC1)C(=O)OCCCCCCCC(=O)OC(CCCCCC)CCCCCCCC. The minimum absolute atomic E-state index is 0.0233. The first kappa shape index (κ1) is 66.1. The molecule has 1 aliphatic heterocycles. The highest BCUT2D eigenvalue weighted by Gasteiger charge is 2.27. The molecule has 0 aromatic heterocycles. The highest BCUT2D eigenvalue weighted by Crippen LogP contribution is 2.20. The van der Waals surface area contributed by atoms with Crippen molar-refractivity contribution < 1.29 is 57.1 Å². The van der Waals surface area contributed by atoms with Crippen LogP contribution in [-0.4, -0.2) is 106 Å². The van der Waals surface area contributed by atoms with E-state index >= 15 is 0 Å². The summed E-state index contributed by atoms with van der Waals surface area (Å²) in [4.78, 5) is 66.1. The number of hydrogen-bond acceptors (Lipinski definition) is 13. The summed E-state index contributed by atoms with van der Waals surface area (Å²) in [6.07, 6.45) is 34.6. The van der Waals surface area contributed by atoms with Crippen molar-refractivity contribution in [1.29, 1.82) is 0 Å². The van der Waals surface area contributed by atoms with Gasteiger partial charge in [-0.05, 0) is 77.0 Å². The Labute approximate surface area is 433 Å². The fraction of sp³-hybridized carbons (Fsp3) is 0.914. The monoisotopic (exact) mass is 1010 g/mol. The van der Waals surface area contributed by atoms with Crippen LogP contribution in [0.3, 0.4) is 0 Å². The molecule has 0 spiro atoms. The maximum Gasteiger partial charge on any atom is 0.509 e. The molecule has 0 bridgehead atoms. The highest BCUT2D eigenvalue weighted by atomic mass is 16.7. The van der Waals surface area contributed by atoms with Crippen LogP contribution in [-0.2, 0) is 52.3 Å². The number of nitrogens with zero attached hydrogens (tertiary/aromatic N) is 1. The molecule has 1 saturated heterocycles. The summed E-state index contributed by atoms with van der Waals surface area (Å²) in [6, 6.07) is 0. The molecule has 0 aromatic carbocycles. The Morgan fingerprint density at radius 3 is 1.25 bits per heavy atom. The second kappa shape index (κ2) is 49.3. The molecule has 0 N–H and O–H groups in total. The first-order valence-electron chi connectivity index (χ1n) is 29.6. The molecule has 1 heterocycles. The smallest absolute Gasteiger partial charge is 0.466 e. The summed E-state index contributed by atoms with van der Waals surface area (Å²) in [7, 11) is 0. The number of hydrogen-bond donors (Lipinski definition) is 0. The van der Waals surface area contributed by atoms with E-state index in [-0.39, 0.29) is 56.8 Å². The zero-order valence-electron chi connectivity index (χ0n) is 46.1. The number of ether oxygens (including phenoxy) is 7. The lowest BCUT2D eigenvalue weighted by atomic mass is 10.0. The lowest BCUT2D eigenvalue weighted by Gasteiger charge is -2.26. The number of carbonyl (C=O) groups excluding carboxylic acids is 5. The van der Waals surface area contributed by atoms with Crippen molar-refractivity contribution in [2.45, 2.75) is 290 Å². The van der Waals surface area contributed by atoms with Crippen LogP contribution in [0.25, 0.3) is 0 Å². The van der Waals surface area contributed by atoms with E-state index in [0.717, 1.165) is 116 Å². The minimum Gasteiger partial charge on any atom is -0.466 e. The Bertz CT molecular complexity index is 1280. The summed E-state index contributed by atoms with van der Waals surface area (Å²) in [6.45, 7) is 12.6. The minimum atomic E-state index is -1.31. The van der Waals surface area contributed by atoms with Crippen molar-refractivity contribution in [3.8, 4) is 0 Å². The van der Waals surface area contributed by atoms with E-state index in [1.54, 1.807) is 0 Å². The highest BCUT2D eigenvalue weighted by molar-refractivity contribution is 5.78. The molecule has 416 valence electrons. The predicted octanol–water partition coefficient (Wildman–Crippen LogP) is 14.7. The summed E-state index contributed by atoms with van der Waals surface area (Å²) in [5.74, 6) is -1.39. The maximum absolute atomic E-state index is 13.2. The van der Waals surface area contributed by atoms with Crippen molar-refractivity contribution in [2.24, 2.45) is 0 Å². The van der Waals surface area contributed by atoms with E-state index in [9.17, 15) is 24.0 Å². The number of morpholine rings is 1. The van der Waals surface area contributed by atoms with E-state index in [2.05, 4.69) is 32.6 Å². The average molecular weight is 1010 g/mol. The molecule has 0 amide bonds. The normalized spacial score (nSPS) is 14.1. The van der Waals surface area contributed by atoms with Crippen LogP contribution < -0.4 is 0 Å². The summed E-state index contributed by atoms with van der Waals surface area (Å²) in [5.41, 5.74) is 0. The third-order valence-electron chi connectivity index (χ3n) is 13.5. The van der Waals surface area contributed by atoms with Crippen LogP contribution in [0.5, 0.6) is 0 Å². The molecule has 0 aromatic rings. The molecule has 13 nitrogen and oxygen atoms in total. The third-order valence-corrected chi connectivity index (χ3v) is 13.5. The first-order valence-corrected chi connectivity index (χ1v) is 29.6. The van der Waals surface area contributed by atoms with Crippen LogP contribution in [0.2, 0.25) is 0 Å². The lowest BCUT2D eigenvalue weighted by molar-refractivity contribution is -0.157. The topological polar surface area (TPSA) is 153 Å². The van der Waals surface area contributed by atoms with Crippen molar-refractivity contribution in [3.05, 3.63) is 0 Å². The zero-order chi connectivity index (χ0) is 51.7. The van der Waals surface area contributed by atoms with E-state index in [1.165, 1.54) is 103 Å². The molecule has 0 aliphatic carbocycles. The van der Waals surface area contributed by atoms with Crippen molar-refractivity contribution in [2.75, 3.05) is 52.7 Å². The molecule has 1 aliphatic rings. The van der Waals surface area contributed by atoms with E-state index in [4.69, 9.17) is 33.2 Å². The van der Waals surface area contributed by atoms with Gasteiger partial charge in [0.05, 0.1) is 26.4 Å². The molecule has 1 rings (SSSR count). The van der Waals surface area contributed by atoms with Gasteiger partial charge in [0, 0.05) is 45.3 Å². The molecule has 3 unspecified atom stereocenters.